The van der Waals surface area contributed by atoms with Crippen LogP contribution in [-0.2, 0) is 5.88 Å². The van der Waals surface area contributed by atoms with Crippen molar-refractivity contribution in [3.05, 3.63) is 51.6 Å². The number of pyridine rings is 1. The third-order valence-corrected chi connectivity index (χ3v) is 3.71. The highest BCUT2D eigenvalue weighted by Gasteiger charge is 2.16. The van der Waals surface area contributed by atoms with E-state index < -0.39 is 5.82 Å². The maximum absolute atomic E-state index is 14.1. The number of fused-ring (bicyclic) bond motifs is 1. The highest BCUT2D eigenvalue weighted by atomic mass is 79.9. The molecule has 0 unspecified atom stereocenters. The molecule has 0 aliphatic heterocycles. The van der Waals surface area contributed by atoms with Gasteiger partial charge in [0.15, 0.2) is 5.65 Å². The van der Waals surface area contributed by atoms with E-state index >= 15 is 0 Å². The van der Waals surface area contributed by atoms with Gasteiger partial charge in [0.25, 0.3) is 0 Å². The van der Waals surface area contributed by atoms with Gasteiger partial charge in [0.05, 0.1) is 11.6 Å². The van der Waals surface area contributed by atoms with E-state index in [1.807, 2.05) is 6.07 Å². The number of hydrogen-bond acceptors (Lipinski definition) is 2. The summed E-state index contributed by atoms with van der Waals surface area (Å²) in [5.74, 6) is 0.220. The molecule has 3 rings (SSSR count). The molecule has 2 heterocycles. The smallest absolute Gasteiger partial charge is 0.164 e. The minimum absolute atomic E-state index is 0.149. The van der Waals surface area contributed by atoms with Crippen LogP contribution in [0.25, 0.3) is 16.9 Å². The van der Waals surface area contributed by atoms with Gasteiger partial charge in [0.1, 0.15) is 17.2 Å². The second-order valence-corrected chi connectivity index (χ2v) is 5.71. The van der Waals surface area contributed by atoms with Gasteiger partial charge >= 0.3 is 0 Å². The van der Waals surface area contributed by atoms with Gasteiger partial charge in [0.2, 0.25) is 0 Å². The molecular formula is C13H7BrCl2FN3. The molecular weight excluding hydrogens is 368 g/mol. The van der Waals surface area contributed by atoms with Gasteiger partial charge in [-0.1, -0.05) is 11.6 Å². The fourth-order valence-corrected chi connectivity index (χ4v) is 2.65. The number of aromatic nitrogens is 3. The first-order valence-electron chi connectivity index (χ1n) is 5.64. The molecule has 3 nitrogen and oxygen atoms in total. The Morgan fingerprint density at radius 3 is 2.80 bits per heavy atom. The summed E-state index contributed by atoms with van der Waals surface area (Å²) in [7, 11) is 0. The molecule has 0 aliphatic rings. The topological polar surface area (TPSA) is 30.7 Å². The molecule has 102 valence electrons. The Kier molecular flexibility index (Phi) is 3.67. The third kappa shape index (κ3) is 2.30. The van der Waals surface area contributed by atoms with Crippen molar-refractivity contribution >= 4 is 50.3 Å². The van der Waals surface area contributed by atoms with Crippen LogP contribution in [0.3, 0.4) is 0 Å². The van der Waals surface area contributed by atoms with Crippen LogP contribution in [0.5, 0.6) is 0 Å². The monoisotopic (exact) mass is 373 g/mol. The molecule has 0 radical (unpaired) electrons. The molecule has 0 bridgehead atoms. The van der Waals surface area contributed by atoms with Crippen molar-refractivity contribution in [2.75, 3.05) is 0 Å². The molecule has 0 saturated heterocycles. The van der Waals surface area contributed by atoms with Gasteiger partial charge < -0.3 is 0 Å². The molecule has 0 fully saturated rings. The maximum atomic E-state index is 14.1. The molecule has 2 aromatic heterocycles. The number of halogens is 4. The van der Waals surface area contributed by atoms with Crippen molar-refractivity contribution in [2.45, 2.75) is 5.88 Å². The average Bonchev–Trinajstić information content (AvgIpc) is 2.76. The molecule has 0 amide bonds. The first kappa shape index (κ1) is 13.8. The fraction of sp³-hybridized carbons (Fsp3) is 0.0769. The molecule has 0 N–H and O–H groups in total. The second-order valence-electron chi connectivity index (χ2n) is 4.09. The molecule has 7 heteroatoms. The van der Waals surface area contributed by atoms with Crippen LogP contribution >= 0.6 is 39.1 Å². The van der Waals surface area contributed by atoms with Crippen molar-refractivity contribution in [1.29, 1.82) is 0 Å². The van der Waals surface area contributed by atoms with Crippen molar-refractivity contribution < 1.29 is 4.39 Å². The minimum atomic E-state index is -0.451. The van der Waals surface area contributed by atoms with Crippen LogP contribution in [-0.4, -0.2) is 14.5 Å². The van der Waals surface area contributed by atoms with E-state index in [1.54, 1.807) is 22.9 Å². The van der Waals surface area contributed by atoms with Crippen molar-refractivity contribution in [2.24, 2.45) is 0 Å². The highest BCUT2D eigenvalue weighted by molar-refractivity contribution is 9.10. The average molecular weight is 375 g/mol. The Labute approximate surface area is 132 Å². The summed E-state index contributed by atoms with van der Waals surface area (Å²) in [6.07, 6.45) is 1.63. The molecule has 0 spiro atoms. The van der Waals surface area contributed by atoms with Crippen LogP contribution in [0.15, 0.2) is 34.9 Å². The Balaban J connectivity index is 2.34. The van der Waals surface area contributed by atoms with Crippen LogP contribution in [0.4, 0.5) is 4.39 Å². The number of hydrogen-bond donors (Lipinski definition) is 0. The summed E-state index contributed by atoms with van der Waals surface area (Å²) in [6, 6.07) is 6.25. The zero-order chi connectivity index (χ0) is 14.3. The van der Waals surface area contributed by atoms with E-state index in [1.165, 1.54) is 6.07 Å². The Bertz CT molecular complexity index is 804. The van der Waals surface area contributed by atoms with Crippen LogP contribution in [0.2, 0.25) is 5.02 Å². The second kappa shape index (κ2) is 5.31. The lowest BCUT2D eigenvalue weighted by Gasteiger charge is -2.08. The summed E-state index contributed by atoms with van der Waals surface area (Å²) < 4.78 is 16.5. The van der Waals surface area contributed by atoms with Gasteiger partial charge in [0, 0.05) is 15.7 Å². The molecule has 0 aliphatic carbocycles. The highest BCUT2D eigenvalue weighted by Crippen LogP contribution is 2.26. The normalized spacial score (nSPS) is 11.2. The summed E-state index contributed by atoms with van der Waals surface area (Å²) in [5.41, 5.74) is 1.51. The molecule has 20 heavy (non-hydrogen) atoms. The number of nitrogens with zero attached hydrogens (tertiary/aromatic N) is 3. The summed E-state index contributed by atoms with van der Waals surface area (Å²) >= 11 is 15.0. The molecule has 0 atom stereocenters. The first-order valence-corrected chi connectivity index (χ1v) is 7.35. The van der Waals surface area contributed by atoms with Gasteiger partial charge in [-0.15, -0.1) is 11.6 Å². The van der Waals surface area contributed by atoms with Crippen molar-refractivity contribution in [3.63, 3.8) is 0 Å². The minimum Gasteiger partial charge on any atom is -0.277 e. The Hall–Kier alpha value is -1.17. The van der Waals surface area contributed by atoms with E-state index in [-0.39, 0.29) is 5.88 Å². The van der Waals surface area contributed by atoms with E-state index in [9.17, 15) is 4.39 Å². The predicted molar refractivity (Wildman–Crippen MR) is 81.1 cm³/mol. The van der Waals surface area contributed by atoms with Crippen molar-refractivity contribution in [1.82, 2.24) is 14.5 Å². The lowest BCUT2D eigenvalue weighted by atomic mass is 10.3. The van der Waals surface area contributed by atoms with Gasteiger partial charge in [-0.25, -0.2) is 14.4 Å². The zero-order valence-electron chi connectivity index (χ0n) is 9.95. The molecule has 3 aromatic rings. The van der Waals surface area contributed by atoms with E-state index in [4.69, 9.17) is 23.2 Å². The summed E-state index contributed by atoms with van der Waals surface area (Å²) in [5, 5.41) is 0.332. The van der Waals surface area contributed by atoms with Crippen molar-refractivity contribution in [3.8, 4) is 5.69 Å². The standard InChI is InChI=1S/C13H7BrCl2FN3/c14-7-3-10-13(18-6-7)20(12(5-15)19-10)11-2-1-8(16)4-9(11)17/h1-4,6H,5H2. The zero-order valence-corrected chi connectivity index (χ0v) is 13.0. The number of imidazole rings is 1. The third-order valence-electron chi connectivity index (χ3n) is 2.80. The molecule has 0 saturated carbocycles. The van der Waals surface area contributed by atoms with Crippen LogP contribution in [0.1, 0.15) is 5.82 Å². The lowest BCUT2D eigenvalue weighted by molar-refractivity contribution is 0.617. The predicted octanol–water partition coefficient (Wildman–Crippen LogP) is 4.71. The summed E-state index contributed by atoms with van der Waals surface area (Å²) in [6.45, 7) is 0. The number of rotatable bonds is 2. The van der Waals surface area contributed by atoms with Crippen LogP contribution < -0.4 is 0 Å². The van der Waals surface area contributed by atoms with E-state index in [0.717, 1.165) is 4.47 Å². The summed E-state index contributed by atoms with van der Waals surface area (Å²) in [4.78, 5) is 8.66. The quantitative estimate of drug-likeness (QED) is 0.608. The SMILES string of the molecule is Fc1cc(Cl)ccc1-n1c(CCl)nc2cc(Br)cnc21. The fourth-order valence-electron chi connectivity index (χ4n) is 1.99. The number of alkyl halides is 1. The van der Waals surface area contributed by atoms with E-state index in [0.29, 0.717) is 27.7 Å². The molecule has 1 aromatic carbocycles. The maximum Gasteiger partial charge on any atom is 0.164 e. The Morgan fingerprint density at radius 1 is 1.30 bits per heavy atom. The van der Waals surface area contributed by atoms with Gasteiger partial charge in [-0.2, -0.15) is 0 Å². The Morgan fingerprint density at radius 2 is 2.10 bits per heavy atom. The van der Waals surface area contributed by atoms with Gasteiger partial charge in [-0.05, 0) is 40.2 Å². The first-order chi connectivity index (χ1) is 9.60. The lowest BCUT2D eigenvalue weighted by Crippen LogP contribution is -2.02. The van der Waals surface area contributed by atoms with Crippen LogP contribution in [0, 0.1) is 5.82 Å². The largest absolute Gasteiger partial charge is 0.277 e. The van der Waals surface area contributed by atoms with E-state index in [2.05, 4.69) is 25.9 Å². The number of benzene rings is 1. The van der Waals surface area contributed by atoms with Gasteiger partial charge in [-0.3, -0.25) is 4.57 Å².